The van der Waals surface area contributed by atoms with Gasteiger partial charge in [0.2, 0.25) is 0 Å². The molecule has 0 fully saturated rings. The first-order valence-corrected chi connectivity index (χ1v) is 7.02. The van der Waals surface area contributed by atoms with Crippen LogP contribution < -0.4 is 11.1 Å². The van der Waals surface area contributed by atoms with Gasteiger partial charge in [0.15, 0.2) is 0 Å². The van der Waals surface area contributed by atoms with Gasteiger partial charge in [0.1, 0.15) is 11.4 Å². The van der Waals surface area contributed by atoms with E-state index in [1.54, 1.807) is 0 Å². The Kier molecular flexibility index (Phi) is 4.47. The normalized spacial score (nSPS) is 12.0. The molecule has 0 spiro atoms. The topological polar surface area (TPSA) is 75.3 Å². The Hall–Kier alpha value is -2.08. The second-order valence-corrected chi connectivity index (χ2v) is 5.53. The molecule has 21 heavy (non-hydrogen) atoms. The maximum absolute atomic E-state index is 13.4. The summed E-state index contributed by atoms with van der Waals surface area (Å²) in [4.78, 5) is 11.3. The Morgan fingerprint density at radius 1 is 1.38 bits per heavy atom. The van der Waals surface area contributed by atoms with Crippen LogP contribution in [0.25, 0.3) is 0 Å². The number of nitrogens with one attached hydrogen (secondary N) is 1. The van der Waals surface area contributed by atoms with E-state index in [-0.39, 0.29) is 23.0 Å². The third-order valence-corrected chi connectivity index (χ3v) is 3.62. The van der Waals surface area contributed by atoms with E-state index in [4.69, 9.17) is 5.73 Å². The van der Waals surface area contributed by atoms with Gasteiger partial charge >= 0.3 is 5.97 Å². The molecule has 0 saturated carbocycles. The zero-order chi connectivity index (χ0) is 15.6. The predicted molar refractivity (Wildman–Crippen MR) is 84.0 cm³/mol. The summed E-state index contributed by atoms with van der Waals surface area (Å²) >= 11 is 3.38. The Bertz CT molecular complexity index is 691. The fourth-order valence-electron chi connectivity index (χ4n) is 2.04. The lowest BCUT2D eigenvalue weighted by Gasteiger charge is -2.18. The predicted octanol–water partition coefficient (Wildman–Crippen LogP) is 4.04. The Balaban J connectivity index is 2.35. The number of aromatic carboxylic acids is 1. The fraction of sp³-hybridized carbons (Fsp3) is 0.133. The van der Waals surface area contributed by atoms with E-state index in [1.807, 2.05) is 31.2 Å². The molecule has 2 rings (SSSR count). The molecule has 0 amide bonds. The van der Waals surface area contributed by atoms with Crippen LogP contribution in [0, 0.1) is 5.82 Å². The molecule has 6 heteroatoms. The first-order valence-electron chi connectivity index (χ1n) is 6.23. The lowest BCUT2D eigenvalue weighted by Crippen LogP contribution is -2.13. The van der Waals surface area contributed by atoms with Crippen molar-refractivity contribution in [3.05, 3.63) is 57.8 Å². The van der Waals surface area contributed by atoms with Crippen LogP contribution in [0.4, 0.5) is 15.8 Å². The number of hydrogen-bond donors (Lipinski definition) is 3. The Labute approximate surface area is 129 Å². The van der Waals surface area contributed by atoms with Crippen LogP contribution in [0.3, 0.4) is 0 Å². The van der Waals surface area contributed by atoms with Crippen LogP contribution >= 0.6 is 15.9 Å². The van der Waals surface area contributed by atoms with Gasteiger partial charge in [-0.3, -0.25) is 0 Å². The number of nitrogen functional groups attached to an aromatic ring is 1. The van der Waals surface area contributed by atoms with Gasteiger partial charge in [0, 0.05) is 10.5 Å². The highest BCUT2D eigenvalue weighted by Crippen LogP contribution is 2.29. The number of nitrogens with two attached hydrogens (primary N) is 1. The summed E-state index contributed by atoms with van der Waals surface area (Å²) in [5, 5.41) is 12.3. The van der Waals surface area contributed by atoms with E-state index in [0.29, 0.717) is 0 Å². The van der Waals surface area contributed by atoms with Gasteiger partial charge in [-0.25, -0.2) is 9.18 Å². The highest BCUT2D eigenvalue weighted by atomic mass is 79.9. The summed E-state index contributed by atoms with van der Waals surface area (Å²) < 4.78 is 14.3. The van der Waals surface area contributed by atoms with E-state index >= 15 is 0 Å². The van der Waals surface area contributed by atoms with Crippen LogP contribution in [-0.4, -0.2) is 11.1 Å². The maximum atomic E-state index is 13.4. The molecular weight excluding hydrogens is 339 g/mol. The monoisotopic (exact) mass is 352 g/mol. The van der Waals surface area contributed by atoms with E-state index < -0.39 is 11.8 Å². The van der Waals surface area contributed by atoms with Crippen LogP contribution in [-0.2, 0) is 0 Å². The number of anilines is 2. The van der Waals surface area contributed by atoms with E-state index in [0.717, 1.165) is 16.1 Å². The minimum atomic E-state index is -1.27. The van der Waals surface area contributed by atoms with Gasteiger partial charge in [-0.2, -0.15) is 0 Å². The quantitative estimate of drug-likeness (QED) is 0.725. The molecular formula is C15H14BrFN2O2. The second-order valence-electron chi connectivity index (χ2n) is 4.61. The van der Waals surface area contributed by atoms with Gasteiger partial charge in [-0.05, 0) is 36.8 Å². The largest absolute Gasteiger partial charge is 0.478 e. The molecule has 0 saturated heterocycles. The fourth-order valence-corrected chi connectivity index (χ4v) is 2.45. The molecule has 0 aliphatic carbocycles. The number of carboxylic acid groups (broad SMARTS) is 1. The van der Waals surface area contributed by atoms with E-state index in [2.05, 4.69) is 21.2 Å². The molecule has 4 nitrogen and oxygen atoms in total. The van der Waals surface area contributed by atoms with Crippen molar-refractivity contribution in [2.24, 2.45) is 0 Å². The first-order chi connectivity index (χ1) is 9.90. The lowest BCUT2D eigenvalue weighted by molar-refractivity contribution is 0.0698. The lowest BCUT2D eigenvalue weighted by atomic mass is 10.1. The van der Waals surface area contributed by atoms with Crippen molar-refractivity contribution in [3.8, 4) is 0 Å². The van der Waals surface area contributed by atoms with Gasteiger partial charge in [-0.15, -0.1) is 0 Å². The van der Waals surface area contributed by atoms with Crippen LogP contribution in [0.5, 0.6) is 0 Å². The SMILES string of the molecule is CC(Nc1ccc(F)c(N)c1C(=O)O)c1cccc(Br)c1. The minimum absolute atomic E-state index is 0.162. The zero-order valence-electron chi connectivity index (χ0n) is 11.2. The molecule has 0 aliphatic heterocycles. The van der Waals surface area contributed by atoms with Crippen molar-refractivity contribution in [2.75, 3.05) is 11.1 Å². The van der Waals surface area contributed by atoms with Gasteiger partial charge in [0.05, 0.1) is 11.4 Å². The van der Waals surface area contributed by atoms with Crippen molar-refractivity contribution < 1.29 is 14.3 Å². The summed E-state index contributed by atoms with van der Waals surface area (Å²) in [6.07, 6.45) is 0. The number of rotatable bonds is 4. The van der Waals surface area contributed by atoms with Gasteiger partial charge in [0.25, 0.3) is 0 Å². The molecule has 0 heterocycles. The Morgan fingerprint density at radius 3 is 2.71 bits per heavy atom. The highest BCUT2D eigenvalue weighted by Gasteiger charge is 2.19. The summed E-state index contributed by atoms with van der Waals surface area (Å²) in [5.74, 6) is -2.01. The number of carbonyl (C=O) groups is 1. The van der Waals surface area contributed by atoms with E-state index in [1.165, 1.54) is 6.07 Å². The van der Waals surface area contributed by atoms with E-state index in [9.17, 15) is 14.3 Å². The standard InChI is InChI=1S/C15H14BrFN2O2/c1-8(9-3-2-4-10(16)7-9)19-12-6-5-11(17)14(18)13(12)15(20)21/h2-8,19H,18H2,1H3,(H,20,21). The van der Waals surface area contributed by atoms with Crippen molar-refractivity contribution in [3.63, 3.8) is 0 Å². The molecule has 0 aliphatic rings. The average molecular weight is 353 g/mol. The van der Waals surface area contributed by atoms with Crippen molar-refractivity contribution in [1.82, 2.24) is 0 Å². The van der Waals surface area contributed by atoms with Crippen molar-refractivity contribution in [2.45, 2.75) is 13.0 Å². The number of benzene rings is 2. The second kappa shape index (κ2) is 6.13. The maximum Gasteiger partial charge on any atom is 0.340 e. The zero-order valence-corrected chi connectivity index (χ0v) is 12.8. The summed E-state index contributed by atoms with van der Waals surface area (Å²) in [6, 6.07) is 9.98. The molecule has 1 atom stereocenters. The van der Waals surface area contributed by atoms with Crippen LogP contribution in [0.2, 0.25) is 0 Å². The smallest absolute Gasteiger partial charge is 0.340 e. The molecule has 110 valence electrons. The summed E-state index contributed by atoms with van der Waals surface area (Å²) in [6.45, 7) is 1.88. The van der Waals surface area contributed by atoms with Crippen molar-refractivity contribution >= 4 is 33.3 Å². The first kappa shape index (κ1) is 15.3. The number of carboxylic acids is 1. The van der Waals surface area contributed by atoms with Crippen molar-refractivity contribution in [1.29, 1.82) is 0 Å². The molecule has 4 N–H and O–H groups in total. The molecule has 0 bridgehead atoms. The highest BCUT2D eigenvalue weighted by molar-refractivity contribution is 9.10. The molecule has 2 aromatic rings. The Morgan fingerprint density at radius 2 is 2.10 bits per heavy atom. The molecule has 0 aromatic heterocycles. The summed E-state index contributed by atoms with van der Waals surface area (Å²) in [7, 11) is 0. The molecule has 2 aromatic carbocycles. The molecule has 1 unspecified atom stereocenters. The average Bonchev–Trinajstić information content (AvgIpc) is 2.42. The van der Waals surface area contributed by atoms with Gasteiger partial charge in [-0.1, -0.05) is 28.1 Å². The number of halogens is 2. The molecule has 0 radical (unpaired) electrons. The van der Waals surface area contributed by atoms with Crippen LogP contribution in [0.15, 0.2) is 40.9 Å². The third-order valence-electron chi connectivity index (χ3n) is 3.13. The van der Waals surface area contributed by atoms with Crippen LogP contribution in [0.1, 0.15) is 28.9 Å². The van der Waals surface area contributed by atoms with Gasteiger partial charge < -0.3 is 16.2 Å². The third kappa shape index (κ3) is 3.33. The summed E-state index contributed by atoms with van der Waals surface area (Å²) in [5.41, 5.74) is 6.15. The minimum Gasteiger partial charge on any atom is -0.478 e. The number of hydrogen-bond acceptors (Lipinski definition) is 3.